The van der Waals surface area contributed by atoms with E-state index in [2.05, 4.69) is 22.0 Å². The molecule has 6 nitrogen and oxygen atoms in total. The van der Waals surface area contributed by atoms with Crippen molar-refractivity contribution < 1.29 is 9.26 Å². The highest BCUT2D eigenvalue weighted by Crippen LogP contribution is 2.36. The van der Waals surface area contributed by atoms with Crippen molar-refractivity contribution in [1.29, 1.82) is 0 Å². The molecule has 1 aromatic rings. The van der Waals surface area contributed by atoms with Gasteiger partial charge in [0.25, 0.3) is 0 Å². The molecule has 1 aliphatic carbocycles. The van der Waals surface area contributed by atoms with E-state index in [1.165, 1.54) is 19.3 Å². The standard InChI is InChI=1S/C15H26N4O2/c1-2-19-7-8-20-13(10-19)14-17-15(21-18-14)12-6-4-3-5-11(12)9-16/h11-13H,2-10,16H2,1H3. The molecule has 118 valence electrons. The summed E-state index contributed by atoms with van der Waals surface area (Å²) in [5, 5.41) is 4.17. The molecule has 1 aromatic heterocycles. The summed E-state index contributed by atoms with van der Waals surface area (Å²) in [6.07, 6.45) is 4.70. The van der Waals surface area contributed by atoms with Crippen LogP contribution in [0.3, 0.4) is 0 Å². The highest BCUT2D eigenvalue weighted by Gasteiger charge is 2.32. The van der Waals surface area contributed by atoms with Gasteiger partial charge in [-0.2, -0.15) is 4.98 Å². The summed E-state index contributed by atoms with van der Waals surface area (Å²) in [5.41, 5.74) is 5.90. The first-order valence-electron chi connectivity index (χ1n) is 8.19. The van der Waals surface area contributed by atoms with Gasteiger partial charge in [-0.05, 0) is 31.8 Å². The predicted octanol–water partition coefficient (Wildman–Crippen LogP) is 1.70. The Morgan fingerprint density at radius 3 is 3.00 bits per heavy atom. The fourth-order valence-corrected chi connectivity index (χ4v) is 3.49. The molecule has 2 aliphatic rings. The lowest BCUT2D eigenvalue weighted by molar-refractivity contribution is -0.0334. The second-order valence-electron chi connectivity index (χ2n) is 6.13. The molecule has 0 aromatic carbocycles. The number of hydrogen-bond acceptors (Lipinski definition) is 6. The van der Waals surface area contributed by atoms with Crippen LogP contribution in [0.4, 0.5) is 0 Å². The molecule has 3 unspecified atom stereocenters. The van der Waals surface area contributed by atoms with Gasteiger partial charge in [0.2, 0.25) is 11.7 Å². The van der Waals surface area contributed by atoms with Crippen molar-refractivity contribution in [1.82, 2.24) is 15.0 Å². The van der Waals surface area contributed by atoms with Gasteiger partial charge in [0.1, 0.15) is 6.10 Å². The first-order chi connectivity index (χ1) is 10.3. The number of likely N-dealkylation sites (N-methyl/N-ethyl adjacent to an activating group) is 1. The monoisotopic (exact) mass is 294 g/mol. The second kappa shape index (κ2) is 6.85. The molecule has 3 rings (SSSR count). The number of ether oxygens (including phenoxy) is 1. The molecule has 2 fully saturated rings. The third-order valence-corrected chi connectivity index (χ3v) is 4.87. The number of nitrogens with zero attached hydrogens (tertiary/aromatic N) is 3. The van der Waals surface area contributed by atoms with E-state index in [0.717, 1.165) is 38.6 Å². The molecule has 0 bridgehead atoms. The Hall–Kier alpha value is -0.980. The van der Waals surface area contributed by atoms with Gasteiger partial charge in [0.05, 0.1) is 6.61 Å². The van der Waals surface area contributed by atoms with Crippen LogP contribution in [0.1, 0.15) is 56.3 Å². The van der Waals surface area contributed by atoms with Gasteiger partial charge < -0.3 is 15.0 Å². The number of aromatic nitrogens is 2. The molecule has 2 N–H and O–H groups in total. The van der Waals surface area contributed by atoms with Gasteiger partial charge in [0, 0.05) is 19.0 Å². The van der Waals surface area contributed by atoms with E-state index in [0.29, 0.717) is 24.2 Å². The van der Waals surface area contributed by atoms with Crippen molar-refractivity contribution in [2.45, 2.75) is 44.6 Å². The van der Waals surface area contributed by atoms with Crippen molar-refractivity contribution in [3.63, 3.8) is 0 Å². The van der Waals surface area contributed by atoms with Crippen LogP contribution >= 0.6 is 0 Å². The molecule has 0 radical (unpaired) electrons. The summed E-state index contributed by atoms with van der Waals surface area (Å²) in [6, 6.07) is 0. The number of hydrogen-bond donors (Lipinski definition) is 1. The molecule has 1 saturated carbocycles. The summed E-state index contributed by atoms with van der Waals surface area (Å²) in [7, 11) is 0. The van der Waals surface area contributed by atoms with Crippen LogP contribution in [-0.4, -0.2) is 47.8 Å². The van der Waals surface area contributed by atoms with E-state index in [4.69, 9.17) is 15.0 Å². The molecule has 3 atom stereocenters. The van der Waals surface area contributed by atoms with Crippen LogP contribution in [0.15, 0.2) is 4.52 Å². The highest BCUT2D eigenvalue weighted by molar-refractivity contribution is 5.01. The average Bonchev–Trinajstić information content (AvgIpc) is 3.04. The minimum absolute atomic E-state index is 0.0592. The minimum atomic E-state index is -0.0592. The third-order valence-electron chi connectivity index (χ3n) is 4.87. The minimum Gasteiger partial charge on any atom is -0.367 e. The van der Waals surface area contributed by atoms with Crippen molar-refractivity contribution in [2.24, 2.45) is 11.7 Å². The van der Waals surface area contributed by atoms with E-state index in [1.807, 2.05) is 0 Å². The van der Waals surface area contributed by atoms with Gasteiger partial charge in [-0.1, -0.05) is 24.9 Å². The van der Waals surface area contributed by atoms with Crippen LogP contribution in [-0.2, 0) is 4.74 Å². The summed E-state index contributed by atoms with van der Waals surface area (Å²) in [6.45, 7) is 6.46. The molecule has 0 amide bonds. The van der Waals surface area contributed by atoms with E-state index < -0.39 is 0 Å². The van der Waals surface area contributed by atoms with E-state index in [1.54, 1.807) is 0 Å². The SMILES string of the molecule is CCN1CCOC(c2noc(C3CCCCC3CN)n2)C1. The molecule has 2 heterocycles. The summed E-state index contributed by atoms with van der Waals surface area (Å²) in [4.78, 5) is 6.99. The van der Waals surface area contributed by atoms with Crippen molar-refractivity contribution in [3.05, 3.63) is 11.7 Å². The number of nitrogens with two attached hydrogens (primary N) is 1. The summed E-state index contributed by atoms with van der Waals surface area (Å²) >= 11 is 0. The quantitative estimate of drug-likeness (QED) is 0.910. The van der Waals surface area contributed by atoms with Gasteiger partial charge in [-0.25, -0.2) is 0 Å². The number of morpholine rings is 1. The predicted molar refractivity (Wildman–Crippen MR) is 78.9 cm³/mol. The summed E-state index contributed by atoms with van der Waals surface area (Å²) in [5.74, 6) is 2.27. The molecule has 1 saturated heterocycles. The maximum atomic E-state index is 5.90. The Morgan fingerprint density at radius 1 is 1.33 bits per heavy atom. The molecular formula is C15H26N4O2. The second-order valence-corrected chi connectivity index (χ2v) is 6.13. The normalized spacial score (nSPS) is 31.4. The third kappa shape index (κ3) is 3.27. The first-order valence-corrected chi connectivity index (χ1v) is 8.19. The zero-order valence-electron chi connectivity index (χ0n) is 12.8. The zero-order chi connectivity index (χ0) is 14.7. The Morgan fingerprint density at radius 2 is 2.19 bits per heavy atom. The first kappa shape index (κ1) is 14.9. The fourth-order valence-electron chi connectivity index (χ4n) is 3.49. The van der Waals surface area contributed by atoms with Gasteiger partial charge in [-0.15, -0.1) is 0 Å². The smallest absolute Gasteiger partial charge is 0.230 e. The van der Waals surface area contributed by atoms with Crippen LogP contribution in [0.2, 0.25) is 0 Å². The van der Waals surface area contributed by atoms with Crippen molar-refractivity contribution >= 4 is 0 Å². The Bertz CT molecular complexity index is 451. The van der Waals surface area contributed by atoms with Crippen LogP contribution < -0.4 is 5.73 Å². The van der Waals surface area contributed by atoms with Crippen LogP contribution in [0, 0.1) is 5.92 Å². The lowest BCUT2D eigenvalue weighted by atomic mass is 9.79. The highest BCUT2D eigenvalue weighted by atomic mass is 16.5. The molecule has 0 spiro atoms. The van der Waals surface area contributed by atoms with E-state index in [-0.39, 0.29) is 6.10 Å². The topological polar surface area (TPSA) is 77.4 Å². The number of rotatable bonds is 4. The van der Waals surface area contributed by atoms with Gasteiger partial charge in [-0.3, -0.25) is 4.90 Å². The lowest BCUT2D eigenvalue weighted by Gasteiger charge is -2.30. The molecule has 1 aliphatic heterocycles. The van der Waals surface area contributed by atoms with Crippen LogP contribution in [0.25, 0.3) is 0 Å². The van der Waals surface area contributed by atoms with Crippen LogP contribution in [0.5, 0.6) is 0 Å². The maximum absolute atomic E-state index is 5.90. The lowest BCUT2D eigenvalue weighted by Crippen LogP contribution is -2.38. The fraction of sp³-hybridized carbons (Fsp3) is 0.867. The Labute approximate surface area is 126 Å². The van der Waals surface area contributed by atoms with E-state index >= 15 is 0 Å². The molecule has 6 heteroatoms. The van der Waals surface area contributed by atoms with Gasteiger partial charge in [0.15, 0.2) is 0 Å². The van der Waals surface area contributed by atoms with Crippen molar-refractivity contribution in [2.75, 3.05) is 32.8 Å². The van der Waals surface area contributed by atoms with E-state index in [9.17, 15) is 0 Å². The molecule has 21 heavy (non-hydrogen) atoms. The van der Waals surface area contributed by atoms with Crippen molar-refractivity contribution in [3.8, 4) is 0 Å². The van der Waals surface area contributed by atoms with Gasteiger partial charge >= 0.3 is 0 Å². The Balaban J connectivity index is 1.70. The average molecular weight is 294 g/mol. The molecular weight excluding hydrogens is 268 g/mol. The zero-order valence-corrected chi connectivity index (χ0v) is 12.8. The maximum Gasteiger partial charge on any atom is 0.230 e. The Kier molecular flexibility index (Phi) is 4.87. The summed E-state index contributed by atoms with van der Waals surface area (Å²) < 4.78 is 11.3. The largest absolute Gasteiger partial charge is 0.367 e.